The van der Waals surface area contributed by atoms with Crippen LogP contribution in [-0.4, -0.2) is 12.5 Å². The molecule has 95 valence electrons. The van der Waals surface area contributed by atoms with Crippen LogP contribution in [0, 0.1) is 26.7 Å². The Labute approximate surface area is 135 Å². The average Bonchev–Trinajstić information content (AvgIpc) is 2.23. The molecule has 1 aromatic carbocycles. The van der Waals surface area contributed by atoms with Gasteiger partial charge in [-0.1, -0.05) is 24.6 Å². The van der Waals surface area contributed by atoms with Gasteiger partial charge in [-0.05, 0) is 44.7 Å². The number of hydrogen-bond acceptors (Lipinski definition) is 1. The fraction of sp³-hybridized carbons (Fsp3) is 0.533. The number of carbonyl (C=O) groups excluding carboxylic acids is 1. The van der Waals surface area contributed by atoms with Crippen molar-refractivity contribution in [3.05, 3.63) is 28.8 Å². The van der Waals surface area contributed by atoms with E-state index < -0.39 is 0 Å². The molecule has 18 heavy (non-hydrogen) atoms. The van der Waals surface area contributed by atoms with Gasteiger partial charge in [-0.15, -0.1) is 0 Å². The van der Waals surface area contributed by atoms with Gasteiger partial charge < -0.3 is 4.90 Å². The number of carbonyl (C=O) groups is 1. The van der Waals surface area contributed by atoms with Gasteiger partial charge in [-0.3, -0.25) is 4.79 Å². The summed E-state index contributed by atoms with van der Waals surface area (Å²) in [5.41, 5.74) is 4.82. The molecule has 1 aliphatic heterocycles. The minimum absolute atomic E-state index is 0. The third kappa shape index (κ3) is 3.03. The zero-order valence-corrected chi connectivity index (χ0v) is 14.6. The van der Waals surface area contributed by atoms with E-state index in [-0.39, 0.29) is 44.5 Å². The largest absolute Gasteiger partial charge is 0.312 e. The predicted molar refractivity (Wildman–Crippen MR) is 71.4 cm³/mol. The predicted octanol–water partition coefficient (Wildman–Crippen LogP) is 3.37. The molecule has 0 saturated carbocycles. The van der Waals surface area contributed by atoms with Crippen LogP contribution in [0.15, 0.2) is 12.1 Å². The van der Waals surface area contributed by atoms with Gasteiger partial charge >= 0.3 is 0 Å². The standard InChI is InChI=1S/C15H21NO.Y/c1-10-8-12(3)14(13(4)9-10)16-7-5-6-11(2)15(16)17;/h8-9,11H,5-7H2,1-4H3;. The molecule has 0 bridgehead atoms. The normalized spacial score (nSPS) is 19.7. The Morgan fingerprint density at radius 2 is 1.72 bits per heavy atom. The van der Waals surface area contributed by atoms with E-state index in [2.05, 4.69) is 32.9 Å². The summed E-state index contributed by atoms with van der Waals surface area (Å²) in [6.45, 7) is 9.20. The van der Waals surface area contributed by atoms with Crippen LogP contribution in [0.2, 0.25) is 0 Å². The number of aryl methyl sites for hydroxylation is 3. The van der Waals surface area contributed by atoms with Crippen LogP contribution in [0.5, 0.6) is 0 Å². The minimum Gasteiger partial charge on any atom is -0.312 e. The number of amides is 1. The van der Waals surface area contributed by atoms with Gasteiger partial charge in [-0.2, -0.15) is 0 Å². The van der Waals surface area contributed by atoms with Gasteiger partial charge in [0, 0.05) is 50.9 Å². The molecular weight excluding hydrogens is 299 g/mol. The summed E-state index contributed by atoms with van der Waals surface area (Å²) in [5.74, 6) is 0.454. The zero-order chi connectivity index (χ0) is 12.6. The Hall–Kier alpha value is -0.206. The SMILES string of the molecule is Cc1cc(C)c(N2CCCC(C)C2=O)c(C)c1.[Y]. The van der Waals surface area contributed by atoms with Crippen LogP contribution in [0.1, 0.15) is 36.5 Å². The van der Waals surface area contributed by atoms with Crippen molar-refractivity contribution in [3.8, 4) is 0 Å². The van der Waals surface area contributed by atoms with Crippen molar-refractivity contribution < 1.29 is 37.5 Å². The van der Waals surface area contributed by atoms with Crippen LogP contribution in [0.25, 0.3) is 0 Å². The Morgan fingerprint density at radius 1 is 1.17 bits per heavy atom. The molecule has 0 aromatic heterocycles. The van der Waals surface area contributed by atoms with Gasteiger partial charge in [0.1, 0.15) is 0 Å². The van der Waals surface area contributed by atoms with Crippen LogP contribution in [0.3, 0.4) is 0 Å². The molecule has 1 heterocycles. The maximum Gasteiger partial charge on any atom is 0.229 e. The Bertz CT molecular complexity index is 433. The van der Waals surface area contributed by atoms with Crippen LogP contribution in [0.4, 0.5) is 5.69 Å². The van der Waals surface area contributed by atoms with Gasteiger partial charge in [0.05, 0.1) is 0 Å². The number of anilines is 1. The van der Waals surface area contributed by atoms with Crippen molar-refractivity contribution in [2.75, 3.05) is 11.4 Å². The van der Waals surface area contributed by atoms with E-state index in [4.69, 9.17) is 0 Å². The number of piperidine rings is 1. The fourth-order valence-electron chi connectivity index (χ4n) is 2.88. The average molecular weight is 320 g/mol. The molecule has 0 spiro atoms. The number of benzene rings is 1. The van der Waals surface area contributed by atoms with E-state index in [1.807, 2.05) is 11.8 Å². The van der Waals surface area contributed by atoms with Crippen molar-refractivity contribution in [1.82, 2.24) is 0 Å². The summed E-state index contributed by atoms with van der Waals surface area (Å²) in [5, 5.41) is 0. The molecular formula is C15H21NOY. The molecule has 0 aliphatic carbocycles. The van der Waals surface area contributed by atoms with Gasteiger partial charge in [0.25, 0.3) is 0 Å². The van der Waals surface area contributed by atoms with Crippen molar-refractivity contribution in [2.45, 2.75) is 40.5 Å². The fourth-order valence-corrected chi connectivity index (χ4v) is 2.88. The monoisotopic (exact) mass is 320 g/mol. The molecule has 1 unspecified atom stereocenters. The first-order chi connectivity index (χ1) is 8.00. The first kappa shape index (κ1) is 15.9. The maximum atomic E-state index is 12.2. The van der Waals surface area contributed by atoms with E-state index in [1.165, 1.54) is 16.7 Å². The molecule has 0 N–H and O–H groups in total. The van der Waals surface area contributed by atoms with Crippen LogP contribution in [-0.2, 0) is 37.5 Å². The van der Waals surface area contributed by atoms with Crippen molar-refractivity contribution in [1.29, 1.82) is 0 Å². The molecule has 1 fully saturated rings. The van der Waals surface area contributed by atoms with E-state index >= 15 is 0 Å². The zero-order valence-electron chi connectivity index (χ0n) is 11.8. The second-order valence-electron chi connectivity index (χ2n) is 5.28. The van der Waals surface area contributed by atoms with Crippen molar-refractivity contribution in [3.63, 3.8) is 0 Å². The summed E-state index contributed by atoms with van der Waals surface area (Å²) >= 11 is 0. The molecule has 3 heteroatoms. The van der Waals surface area contributed by atoms with Crippen LogP contribution >= 0.6 is 0 Å². The topological polar surface area (TPSA) is 20.3 Å². The molecule has 1 radical (unpaired) electrons. The van der Waals surface area contributed by atoms with Crippen LogP contribution < -0.4 is 4.90 Å². The Morgan fingerprint density at radius 3 is 2.28 bits per heavy atom. The maximum absolute atomic E-state index is 12.2. The van der Waals surface area contributed by atoms with Crippen molar-refractivity contribution >= 4 is 11.6 Å². The third-order valence-electron chi connectivity index (χ3n) is 3.61. The minimum atomic E-state index is 0. The number of hydrogen-bond donors (Lipinski definition) is 0. The van der Waals surface area contributed by atoms with E-state index in [0.29, 0.717) is 0 Å². The van der Waals surface area contributed by atoms with E-state index in [9.17, 15) is 4.79 Å². The summed E-state index contributed by atoms with van der Waals surface area (Å²) < 4.78 is 0. The summed E-state index contributed by atoms with van der Waals surface area (Å²) in [7, 11) is 0. The molecule has 2 nitrogen and oxygen atoms in total. The summed E-state index contributed by atoms with van der Waals surface area (Å²) in [4.78, 5) is 14.2. The number of nitrogens with zero attached hydrogens (tertiary/aromatic N) is 1. The molecule has 1 amide bonds. The summed E-state index contributed by atoms with van der Waals surface area (Å²) in [6, 6.07) is 4.32. The summed E-state index contributed by atoms with van der Waals surface area (Å²) in [6.07, 6.45) is 2.14. The van der Waals surface area contributed by atoms with Gasteiger partial charge in [0.15, 0.2) is 0 Å². The quantitative estimate of drug-likeness (QED) is 0.777. The van der Waals surface area contributed by atoms with E-state index in [1.54, 1.807) is 0 Å². The van der Waals surface area contributed by atoms with E-state index in [0.717, 1.165) is 25.1 Å². The smallest absolute Gasteiger partial charge is 0.229 e. The number of rotatable bonds is 1. The molecule has 1 aliphatic rings. The first-order valence-electron chi connectivity index (χ1n) is 6.40. The molecule has 1 saturated heterocycles. The molecule has 2 rings (SSSR count). The van der Waals surface area contributed by atoms with Gasteiger partial charge in [0.2, 0.25) is 5.91 Å². The molecule has 1 aromatic rings. The Kier molecular flexibility index (Phi) is 5.54. The molecule has 1 atom stereocenters. The second kappa shape index (κ2) is 6.30. The van der Waals surface area contributed by atoms with Crippen molar-refractivity contribution in [2.24, 2.45) is 5.92 Å². The third-order valence-corrected chi connectivity index (χ3v) is 3.61. The second-order valence-corrected chi connectivity index (χ2v) is 5.28. The first-order valence-corrected chi connectivity index (χ1v) is 6.40. The van der Waals surface area contributed by atoms with Gasteiger partial charge in [-0.25, -0.2) is 0 Å². The Balaban J connectivity index is 0.00000162.